The molecule has 0 aliphatic carbocycles. The first-order valence-corrected chi connectivity index (χ1v) is 6.49. The molecule has 0 bridgehead atoms. The van der Waals surface area contributed by atoms with Crippen LogP contribution in [0.4, 0.5) is 5.95 Å². The van der Waals surface area contributed by atoms with Gasteiger partial charge in [-0.3, -0.25) is 0 Å². The molecule has 1 aliphatic rings. The van der Waals surface area contributed by atoms with Crippen molar-refractivity contribution in [2.45, 2.75) is 32.9 Å². The number of nitrogen functional groups attached to an aromatic ring is 1. The average molecular weight is 245 g/mol. The number of rotatable bonds is 2. The van der Waals surface area contributed by atoms with E-state index in [1.54, 1.807) is 0 Å². The average Bonchev–Trinajstić information content (AvgIpc) is 2.85. The van der Waals surface area contributed by atoms with Crippen LogP contribution in [0.1, 0.15) is 18.9 Å². The zero-order valence-electron chi connectivity index (χ0n) is 10.9. The van der Waals surface area contributed by atoms with Gasteiger partial charge in [-0.05, 0) is 38.0 Å². The smallest absolute Gasteiger partial charge is 0.201 e. The van der Waals surface area contributed by atoms with Gasteiger partial charge in [-0.2, -0.15) is 0 Å². The number of hydrogen-bond acceptors (Lipinski definition) is 3. The monoisotopic (exact) mass is 245 g/mol. The van der Waals surface area contributed by atoms with Gasteiger partial charge in [0.25, 0.3) is 0 Å². The number of aromatic nitrogens is 2. The Hall–Kier alpha value is -1.55. The van der Waals surface area contributed by atoms with E-state index in [-0.39, 0.29) is 0 Å². The summed E-state index contributed by atoms with van der Waals surface area (Å²) in [4.78, 5) is 4.44. The molecule has 1 saturated heterocycles. The normalized spacial score (nSPS) is 23.9. The number of ether oxygens (including phenoxy) is 1. The molecule has 2 N–H and O–H groups in total. The summed E-state index contributed by atoms with van der Waals surface area (Å²) in [6.07, 6.45) is 1.42. The molecule has 4 heteroatoms. The molecule has 0 spiro atoms. The quantitative estimate of drug-likeness (QED) is 0.883. The molecule has 3 rings (SSSR count). The lowest BCUT2D eigenvalue weighted by Crippen LogP contribution is -2.18. The van der Waals surface area contributed by atoms with E-state index in [0.717, 1.165) is 30.6 Å². The molecule has 2 heterocycles. The van der Waals surface area contributed by atoms with Crippen molar-refractivity contribution in [2.24, 2.45) is 5.92 Å². The Balaban J connectivity index is 1.98. The van der Waals surface area contributed by atoms with Gasteiger partial charge < -0.3 is 15.0 Å². The lowest BCUT2D eigenvalue weighted by atomic mass is 10.0. The van der Waals surface area contributed by atoms with Gasteiger partial charge >= 0.3 is 0 Å². The van der Waals surface area contributed by atoms with Gasteiger partial charge in [-0.1, -0.05) is 6.07 Å². The molecule has 1 aliphatic heterocycles. The summed E-state index contributed by atoms with van der Waals surface area (Å²) in [5.41, 5.74) is 9.36. The van der Waals surface area contributed by atoms with Gasteiger partial charge in [0, 0.05) is 19.1 Å². The van der Waals surface area contributed by atoms with Gasteiger partial charge in [0.05, 0.1) is 17.1 Å². The minimum Gasteiger partial charge on any atom is -0.378 e. The first-order valence-electron chi connectivity index (χ1n) is 6.49. The number of nitrogens with two attached hydrogens (primary N) is 1. The van der Waals surface area contributed by atoms with E-state index in [4.69, 9.17) is 10.5 Å². The summed E-state index contributed by atoms with van der Waals surface area (Å²) in [6.45, 7) is 5.96. The zero-order chi connectivity index (χ0) is 12.7. The van der Waals surface area contributed by atoms with Gasteiger partial charge in [0.15, 0.2) is 0 Å². The van der Waals surface area contributed by atoms with Crippen molar-refractivity contribution in [1.29, 1.82) is 0 Å². The predicted octanol–water partition coefficient (Wildman–Crippen LogP) is 2.35. The third kappa shape index (κ3) is 1.86. The zero-order valence-corrected chi connectivity index (χ0v) is 10.9. The van der Waals surface area contributed by atoms with Crippen molar-refractivity contribution in [3.05, 3.63) is 23.8 Å². The van der Waals surface area contributed by atoms with Crippen LogP contribution in [0.15, 0.2) is 18.2 Å². The van der Waals surface area contributed by atoms with E-state index in [2.05, 4.69) is 41.6 Å². The predicted molar refractivity (Wildman–Crippen MR) is 72.4 cm³/mol. The fourth-order valence-electron chi connectivity index (χ4n) is 2.70. The molecule has 2 atom stereocenters. The highest BCUT2D eigenvalue weighted by atomic mass is 16.5. The Kier molecular flexibility index (Phi) is 2.74. The highest BCUT2D eigenvalue weighted by Gasteiger charge is 2.25. The number of imidazole rings is 1. The van der Waals surface area contributed by atoms with Crippen molar-refractivity contribution in [3.63, 3.8) is 0 Å². The molecule has 18 heavy (non-hydrogen) atoms. The molecular weight excluding hydrogens is 226 g/mol. The molecule has 0 saturated carbocycles. The Morgan fingerprint density at radius 1 is 1.50 bits per heavy atom. The minimum atomic E-state index is 0.312. The summed E-state index contributed by atoms with van der Waals surface area (Å²) in [7, 11) is 0. The van der Waals surface area contributed by atoms with E-state index in [1.807, 2.05) is 0 Å². The first kappa shape index (κ1) is 11.5. The van der Waals surface area contributed by atoms with Crippen molar-refractivity contribution in [3.8, 4) is 0 Å². The van der Waals surface area contributed by atoms with Crippen molar-refractivity contribution >= 4 is 17.0 Å². The van der Waals surface area contributed by atoms with Gasteiger partial charge in [-0.25, -0.2) is 4.98 Å². The molecule has 1 aromatic heterocycles. The number of benzene rings is 1. The van der Waals surface area contributed by atoms with Crippen LogP contribution in [0.3, 0.4) is 0 Å². The summed E-state index contributed by atoms with van der Waals surface area (Å²) < 4.78 is 7.73. The standard InChI is InChI=1S/C14H19N3O/c1-9-3-4-13-12(7-9)16-14(15)17(13)8-11-5-6-18-10(11)2/h3-4,7,10-11H,5-6,8H2,1-2H3,(H2,15,16). The maximum Gasteiger partial charge on any atom is 0.201 e. The topological polar surface area (TPSA) is 53.1 Å². The van der Waals surface area contributed by atoms with Crippen LogP contribution in [-0.4, -0.2) is 22.3 Å². The molecule has 0 radical (unpaired) electrons. The van der Waals surface area contributed by atoms with Crippen molar-refractivity contribution in [2.75, 3.05) is 12.3 Å². The van der Waals surface area contributed by atoms with Crippen LogP contribution >= 0.6 is 0 Å². The Bertz CT molecular complexity index is 576. The van der Waals surface area contributed by atoms with E-state index in [0.29, 0.717) is 18.0 Å². The SMILES string of the molecule is Cc1ccc2c(c1)nc(N)n2CC1CCOC1C. The molecular formula is C14H19N3O. The van der Waals surface area contributed by atoms with Crippen LogP contribution in [-0.2, 0) is 11.3 Å². The summed E-state index contributed by atoms with van der Waals surface area (Å²) in [6, 6.07) is 6.29. The third-order valence-corrected chi connectivity index (χ3v) is 3.88. The first-order chi connectivity index (χ1) is 8.65. The molecule has 96 valence electrons. The molecule has 2 unspecified atom stereocenters. The highest BCUT2D eigenvalue weighted by Crippen LogP contribution is 2.26. The fourth-order valence-corrected chi connectivity index (χ4v) is 2.70. The lowest BCUT2D eigenvalue weighted by molar-refractivity contribution is 0.102. The largest absolute Gasteiger partial charge is 0.378 e. The second kappa shape index (κ2) is 4.28. The van der Waals surface area contributed by atoms with Crippen LogP contribution in [0, 0.1) is 12.8 Å². The maximum absolute atomic E-state index is 6.04. The van der Waals surface area contributed by atoms with Crippen molar-refractivity contribution in [1.82, 2.24) is 9.55 Å². The van der Waals surface area contributed by atoms with Gasteiger partial charge in [0.1, 0.15) is 0 Å². The molecule has 0 amide bonds. The number of nitrogens with zero attached hydrogens (tertiary/aromatic N) is 2. The van der Waals surface area contributed by atoms with Crippen LogP contribution in [0.25, 0.3) is 11.0 Å². The minimum absolute atomic E-state index is 0.312. The number of hydrogen-bond donors (Lipinski definition) is 1. The van der Waals surface area contributed by atoms with Crippen LogP contribution < -0.4 is 5.73 Å². The van der Waals surface area contributed by atoms with E-state index >= 15 is 0 Å². The van der Waals surface area contributed by atoms with E-state index in [9.17, 15) is 0 Å². The number of fused-ring (bicyclic) bond motifs is 1. The van der Waals surface area contributed by atoms with Crippen molar-refractivity contribution < 1.29 is 4.74 Å². The van der Waals surface area contributed by atoms with Gasteiger partial charge in [0.2, 0.25) is 5.95 Å². The fraction of sp³-hybridized carbons (Fsp3) is 0.500. The number of aryl methyl sites for hydroxylation is 1. The molecule has 1 aromatic carbocycles. The Morgan fingerprint density at radius 3 is 3.06 bits per heavy atom. The second-order valence-corrected chi connectivity index (χ2v) is 5.20. The Morgan fingerprint density at radius 2 is 2.33 bits per heavy atom. The van der Waals surface area contributed by atoms with E-state index in [1.165, 1.54) is 5.56 Å². The van der Waals surface area contributed by atoms with E-state index < -0.39 is 0 Å². The molecule has 4 nitrogen and oxygen atoms in total. The van der Waals surface area contributed by atoms with Crippen LogP contribution in [0.2, 0.25) is 0 Å². The third-order valence-electron chi connectivity index (χ3n) is 3.88. The Labute approximate surface area is 107 Å². The summed E-state index contributed by atoms with van der Waals surface area (Å²) in [5, 5.41) is 0. The lowest BCUT2D eigenvalue weighted by Gasteiger charge is -2.16. The molecule has 1 fully saturated rings. The van der Waals surface area contributed by atoms with Gasteiger partial charge in [-0.15, -0.1) is 0 Å². The van der Waals surface area contributed by atoms with Crippen LogP contribution in [0.5, 0.6) is 0 Å². The number of anilines is 1. The summed E-state index contributed by atoms with van der Waals surface area (Å²) in [5.74, 6) is 1.14. The summed E-state index contributed by atoms with van der Waals surface area (Å²) >= 11 is 0. The second-order valence-electron chi connectivity index (χ2n) is 5.20. The molecule has 2 aromatic rings. The highest BCUT2D eigenvalue weighted by molar-refractivity contribution is 5.79. The maximum atomic E-state index is 6.04.